The molecule has 1 saturated heterocycles. The maximum absolute atomic E-state index is 11.9. The Hall–Kier alpha value is -2.08. The number of carbonyl (C=O) groups is 1. The fourth-order valence-corrected chi connectivity index (χ4v) is 2.18. The van der Waals surface area contributed by atoms with E-state index < -0.39 is 0 Å². The molecule has 0 spiro atoms. The van der Waals surface area contributed by atoms with Crippen molar-refractivity contribution in [2.45, 2.75) is 19.4 Å². The van der Waals surface area contributed by atoms with Gasteiger partial charge in [0, 0.05) is 19.3 Å². The van der Waals surface area contributed by atoms with Gasteiger partial charge in [-0.05, 0) is 24.3 Å². The van der Waals surface area contributed by atoms with E-state index in [9.17, 15) is 4.79 Å². The monoisotopic (exact) mass is 277 g/mol. The first kappa shape index (κ1) is 14.3. The first-order chi connectivity index (χ1) is 9.79. The third kappa shape index (κ3) is 4.24. The van der Waals surface area contributed by atoms with E-state index in [2.05, 4.69) is 5.10 Å². The molecule has 0 atom stereocenters. The summed E-state index contributed by atoms with van der Waals surface area (Å²) in [5, 5.41) is 12.0. The van der Waals surface area contributed by atoms with Gasteiger partial charge in [0.05, 0.1) is 0 Å². The zero-order valence-electron chi connectivity index (χ0n) is 11.2. The molecule has 0 saturated carbocycles. The average Bonchev–Trinajstić information content (AvgIpc) is 2.52. The summed E-state index contributed by atoms with van der Waals surface area (Å²) in [6.07, 6.45) is 3.05. The minimum atomic E-state index is -0.274. The van der Waals surface area contributed by atoms with Crippen LogP contribution in [0, 0.1) is 5.92 Å². The van der Waals surface area contributed by atoms with E-state index in [1.165, 1.54) is 0 Å². The largest absolute Gasteiger partial charge is 0.445 e. The number of likely N-dealkylation sites (tertiary alicyclic amines) is 1. The van der Waals surface area contributed by atoms with E-state index in [1.807, 2.05) is 30.3 Å². The van der Waals surface area contributed by atoms with Gasteiger partial charge in [0.1, 0.15) is 6.61 Å². The smallest absolute Gasteiger partial charge is 0.410 e. The van der Waals surface area contributed by atoms with Crippen molar-refractivity contribution in [2.75, 3.05) is 13.1 Å². The maximum atomic E-state index is 11.9. The number of rotatable bonds is 4. The second-order valence-corrected chi connectivity index (χ2v) is 4.74. The highest BCUT2D eigenvalue weighted by atomic mass is 16.6. The van der Waals surface area contributed by atoms with E-state index in [-0.39, 0.29) is 12.0 Å². The molecule has 0 aliphatic carbocycles. The van der Waals surface area contributed by atoms with Crippen molar-refractivity contribution in [3.63, 3.8) is 0 Å². The summed E-state index contributed by atoms with van der Waals surface area (Å²) in [4.78, 5) is 13.6. The minimum Gasteiger partial charge on any atom is -0.445 e. The lowest BCUT2D eigenvalue weighted by Gasteiger charge is -2.29. The van der Waals surface area contributed by atoms with Gasteiger partial charge < -0.3 is 9.64 Å². The van der Waals surface area contributed by atoms with Crippen LogP contribution in [0.4, 0.5) is 4.79 Å². The molecule has 0 unspecified atom stereocenters. The van der Waals surface area contributed by atoms with Gasteiger partial charge in [-0.3, -0.25) is 5.21 Å². The van der Waals surface area contributed by atoms with Crippen LogP contribution in [0.15, 0.2) is 35.4 Å². The lowest BCUT2D eigenvalue weighted by Crippen LogP contribution is -2.39. The summed E-state index contributed by atoms with van der Waals surface area (Å²) in [5.41, 5.74) is 2.73. The maximum Gasteiger partial charge on any atom is 0.410 e. The van der Waals surface area contributed by atoms with Gasteiger partial charge in [0.15, 0.2) is 0 Å². The number of carbonyl (C=O) groups excluding carboxylic acids is 1. The highest BCUT2D eigenvalue weighted by molar-refractivity contribution is 5.68. The molecular weight excluding hydrogens is 258 g/mol. The van der Waals surface area contributed by atoms with E-state index in [1.54, 1.807) is 16.7 Å². The Labute approximate surface area is 118 Å². The van der Waals surface area contributed by atoms with Crippen LogP contribution in [-0.2, 0) is 11.3 Å². The fraction of sp³-hybridized carbons (Fsp3) is 0.429. The van der Waals surface area contributed by atoms with Gasteiger partial charge in [-0.2, -0.15) is 10.7 Å². The molecule has 1 aliphatic rings. The molecule has 108 valence electrons. The van der Waals surface area contributed by atoms with Crippen molar-refractivity contribution >= 4 is 12.3 Å². The molecule has 2 rings (SSSR count). The topological polar surface area (TPSA) is 74.2 Å². The second kappa shape index (κ2) is 7.49. The Morgan fingerprint density at radius 3 is 2.75 bits per heavy atom. The molecule has 6 heteroatoms. The first-order valence-corrected chi connectivity index (χ1v) is 6.67. The molecule has 1 amide bonds. The van der Waals surface area contributed by atoms with E-state index in [0.29, 0.717) is 19.7 Å². The van der Waals surface area contributed by atoms with Crippen molar-refractivity contribution in [1.29, 1.82) is 0 Å². The molecule has 1 aromatic carbocycles. The number of ether oxygens (including phenoxy) is 1. The molecule has 6 nitrogen and oxygen atoms in total. The predicted molar refractivity (Wildman–Crippen MR) is 74.3 cm³/mol. The summed E-state index contributed by atoms with van der Waals surface area (Å²) >= 11 is 0. The summed E-state index contributed by atoms with van der Waals surface area (Å²) < 4.78 is 5.28. The van der Waals surface area contributed by atoms with Crippen LogP contribution in [0.3, 0.4) is 0 Å². The van der Waals surface area contributed by atoms with E-state index >= 15 is 0 Å². The molecule has 1 fully saturated rings. The Morgan fingerprint density at radius 2 is 2.10 bits per heavy atom. The number of hydrazone groups is 1. The van der Waals surface area contributed by atoms with Gasteiger partial charge in [-0.15, -0.1) is 0 Å². The Balaban J connectivity index is 1.73. The van der Waals surface area contributed by atoms with Crippen LogP contribution in [0.2, 0.25) is 0 Å². The lowest BCUT2D eigenvalue weighted by atomic mass is 9.99. The SMILES string of the molecule is O=C(OCc1ccccc1)N1CCC(/C=N/NO)CC1. The number of benzene rings is 1. The summed E-state index contributed by atoms with van der Waals surface area (Å²) in [6, 6.07) is 9.63. The van der Waals surface area contributed by atoms with Crippen molar-refractivity contribution < 1.29 is 14.7 Å². The molecule has 20 heavy (non-hydrogen) atoms. The Bertz CT molecular complexity index is 442. The van der Waals surface area contributed by atoms with Crippen LogP contribution < -0.4 is 5.59 Å². The fourth-order valence-electron chi connectivity index (χ4n) is 2.18. The molecule has 0 bridgehead atoms. The molecule has 1 aliphatic heterocycles. The van der Waals surface area contributed by atoms with Crippen LogP contribution >= 0.6 is 0 Å². The normalized spacial score (nSPS) is 16.4. The molecule has 0 radical (unpaired) electrons. The van der Waals surface area contributed by atoms with Gasteiger partial charge >= 0.3 is 6.09 Å². The van der Waals surface area contributed by atoms with Gasteiger partial charge in [-0.25, -0.2) is 4.79 Å². The zero-order valence-corrected chi connectivity index (χ0v) is 11.2. The van der Waals surface area contributed by atoms with E-state index in [4.69, 9.17) is 9.94 Å². The lowest BCUT2D eigenvalue weighted by molar-refractivity contribution is 0.0865. The number of hydrogen-bond acceptors (Lipinski definition) is 5. The van der Waals surface area contributed by atoms with Crippen molar-refractivity contribution in [2.24, 2.45) is 11.0 Å². The standard InChI is InChI=1S/C14H19N3O3/c18-14(20-11-13-4-2-1-3-5-13)17-8-6-12(7-9-17)10-15-16-19/h1-5,10,12,16,19H,6-9,11H2/b15-10+. The molecule has 2 N–H and O–H groups in total. The quantitative estimate of drug-likeness (QED) is 0.652. The molecule has 1 heterocycles. The Morgan fingerprint density at radius 1 is 1.40 bits per heavy atom. The third-order valence-electron chi connectivity index (χ3n) is 3.35. The minimum absolute atomic E-state index is 0.274. The van der Waals surface area contributed by atoms with Crippen molar-refractivity contribution in [3.05, 3.63) is 35.9 Å². The van der Waals surface area contributed by atoms with Gasteiger partial charge in [-0.1, -0.05) is 30.3 Å². The first-order valence-electron chi connectivity index (χ1n) is 6.67. The number of amides is 1. The van der Waals surface area contributed by atoms with Crippen LogP contribution in [-0.4, -0.2) is 35.5 Å². The zero-order chi connectivity index (χ0) is 14.2. The molecule has 0 aromatic heterocycles. The van der Waals surface area contributed by atoms with Crippen molar-refractivity contribution in [3.8, 4) is 0 Å². The second-order valence-electron chi connectivity index (χ2n) is 4.74. The Kier molecular flexibility index (Phi) is 5.37. The summed E-state index contributed by atoms with van der Waals surface area (Å²) in [6.45, 7) is 1.60. The summed E-state index contributed by atoms with van der Waals surface area (Å²) in [5.74, 6) is 0.285. The van der Waals surface area contributed by atoms with E-state index in [0.717, 1.165) is 18.4 Å². The highest BCUT2D eigenvalue weighted by Crippen LogP contribution is 2.16. The third-order valence-corrected chi connectivity index (χ3v) is 3.35. The average molecular weight is 277 g/mol. The number of nitrogens with zero attached hydrogens (tertiary/aromatic N) is 2. The highest BCUT2D eigenvalue weighted by Gasteiger charge is 2.22. The predicted octanol–water partition coefficient (Wildman–Crippen LogP) is 2.00. The molecule has 1 aromatic rings. The summed E-state index contributed by atoms with van der Waals surface area (Å²) in [7, 11) is 0. The van der Waals surface area contributed by atoms with Crippen molar-refractivity contribution in [1.82, 2.24) is 10.5 Å². The van der Waals surface area contributed by atoms with Crippen LogP contribution in [0.25, 0.3) is 0 Å². The van der Waals surface area contributed by atoms with Crippen LogP contribution in [0.1, 0.15) is 18.4 Å². The molecular formula is C14H19N3O3. The van der Waals surface area contributed by atoms with Gasteiger partial charge in [0.2, 0.25) is 0 Å². The van der Waals surface area contributed by atoms with Gasteiger partial charge in [0.25, 0.3) is 0 Å². The van der Waals surface area contributed by atoms with Crippen LogP contribution in [0.5, 0.6) is 0 Å². The number of hydrogen-bond donors (Lipinski definition) is 2. The number of nitrogens with one attached hydrogen (secondary N) is 1. The number of piperidine rings is 1.